The molecule has 0 N–H and O–H groups in total. The molecule has 0 saturated carbocycles. The Morgan fingerprint density at radius 3 is 2.10 bits per heavy atom. The summed E-state index contributed by atoms with van der Waals surface area (Å²) in [6, 6.07) is 16.9. The minimum atomic E-state index is 0.793. The molecule has 30 heavy (non-hydrogen) atoms. The molecule has 0 spiro atoms. The van der Waals surface area contributed by atoms with Crippen LogP contribution in [0.1, 0.15) is 88.3 Å². The van der Waals surface area contributed by atoms with Crippen molar-refractivity contribution in [1.82, 2.24) is 0 Å². The van der Waals surface area contributed by atoms with Gasteiger partial charge < -0.3 is 4.74 Å². The van der Waals surface area contributed by atoms with E-state index < -0.39 is 0 Å². The quantitative estimate of drug-likeness (QED) is 0.306. The van der Waals surface area contributed by atoms with Crippen LogP contribution in [0.2, 0.25) is 0 Å². The minimum absolute atomic E-state index is 0.793. The first-order valence-corrected chi connectivity index (χ1v) is 11.8. The molecule has 1 aliphatic rings. The summed E-state index contributed by atoms with van der Waals surface area (Å²) in [6.45, 7) is 5.28. The highest BCUT2D eigenvalue weighted by atomic mass is 16.5. The van der Waals surface area contributed by atoms with E-state index in [0.29, 0.717) is 0 Å². The third kappa shape index (κ3) is 7.10. The molecule has 1 unspecified atom stereocenters. The highest BCUT2D eigenvalue weighted by molar-refractivity contribution is 5.67. The van der Waals surface area contributed by atoms with Crippen molar-refractivity contribution in [2.24, 2.45) is 5.92 Å². The molecule has 0 saturated heterocycles. The maximum absolute atomic E-state index is 5.77. The fraction of sp³-hybridized carbons (Fsp3) is 0.448. The van der Waals surface area contributed by atoms with Crippen LogP contribution in [0.5, 0.6) is 5.75 Å². The fourth-order valence-electron chi connectivity index (χ4n) is 3.99. The van der Waals surface area contributed by atoms with Crippen molar-refractivity contribution in [3.63, 3.8) is 0 Å². The molecule has 0 heterocycles. The third-order valence-electron chi connectivity index (χ3n) is 5.96. The molecule has 2 aromatic carbocycles. The van der Waals surface area contributed by atoms with Gasteiger partial charge in [-0.25, -0.2) is 0 Å². The summed E-state index contributed by atoms with van der Waals surface area (Å²) in [5.41, 5.74) is 4.96. The van der Waals surface area contributed by atoms with Gasteiger partial charge in [0.1, 0.15) is 5.75 Å². The Bertz CT molecular complexity index is 846. The highest BCUT2D eigenvalue weighted by Gasteiger charge is 2.14. The molecule has 0 bridgehead atoms. The van der Waals surface area contributed by atoms with Crippen LogP contribution in [0.3, 0.4) is 0 Å². The number of allylic oxidation sites excluding steroid dienone is 2. The molecule has 3 rings (SSSR count). The fourth-order valence-corrected chi connectivity index (χ4v) is 3.99. The minimum Gasteiger partial charge on any atom is -0.494 e. The van der Waals surface area contributed by atoms with Gasteiger partial charge in [-0.1, -0.05) is 76.0 Å². The smallest absolute Gasteiger partial charge is 0.119 e. The van der Waals surface area contributed by atoms with E-state index in [0.717, 1.165) is 35.8 Å². The summed E-state index contributed by atoms with van der Waals surface area (Å²) in [7, 11) is 0. The van der Waals surface area contributed by atoms with Gasteiger partial charge in [0.15, 0.2) is 0 Å². The number of ether oxygens (including phenoxy) is 1. The van der Waals surface area contributed by atoms with Crippen molar-refractivity contribution >= 4 is 5.57 Å². The molecule has 0 amide bonds. The average Bonchev–Trinajstić information content (AvgIpc) is 2.81. The van der Waals surface area contributed by atoms with E-state index >= 15 is 0 Å². The summed E-state index contributed by atoms with van der Waals surface area (Å²) in [6.07, 6.45) is 13.9. The Morgan fingerprint density at radius 2 is 1.50 bits per heavy atom. The predicted octanol–water partition coefficient (Wildman–Crippen LogP) is 8.03. The summed E-state index contributed by atoms with van der Waals surface area (Å²) >= 11 is 0. The van der Waals surface area contributed by atoms with Gasteiger partial charge in [0.05, 0.1) is 6.61 Å². The zero-order chi connectivity index (χ0) is 21.0. The number of rotatable bonds is 9. The van der Waals surface area contributed by atoms with E-state index in [-0.39, 0.29) is 0 Å². The van der Waals surface area contributed by atoms with Gasteiger partial charge in [-0.3, -0.25) is 0 Å². The van der Waals surface area contributed by atoms with Crippen molar-refractivity contribution in [2.75, 3.05) is 6.61 Å². The Morgan fingerprint density at radius 1 is 0.833 bits per heavy atom. The lowest BCUT2D eigenvalue weighted by Gasteiger charge is -2.22. The normalized spacial score (nSPS) is 15.8. The van der Waals surface area contributed by atoms with Crippen LogP contribution >= 0.6 is 0 Å². The summed E-state index contributed by atoms with van der Waals surface area (Å²) in [5.74, 6) is 8.38. The van der Waals surface area contributed by atoms with E-state index in [4.69, 9.17) is 4.74 Å². The standard InChI is InChI=1S/C29H36O/c1-3-5-7-23-30-29-21-15-26(16-22-29)10-9-25-13-19-28(20-14-25)27-17-11-24(12-18-27)8-6-4-2/h13-17,19-22,24H,3-8,11-12,18,23H2,1-2H3. The van der Waals surface area contributed by atoms with Crippen LogP contribution in [0.4, 0.5) is 0 Å². The van der Waals surface area contributed by atoms with Crippen LogP contribution in [-0.2, 0) is 0 Å². The molecule has 1 nitrogen and oxygen atoms in total. The monoisotopic (exact) mass is 400 g/mol. The molecule has 2 aromatic rings. The van der Waals surface area contributed by atoms with Crippen molar-refractivity contribution in [3.8, 4) is 17.6 Å². The predicted molar refractivity (Wildman–Crippen MR) is 129 cm³/mol. The van der Waals surface area contributed by atoms with E-state index in [9.17, 15) is 0 Å². The Labute approximate surface area is 183 Å². The van der Waals surface area contributed by atoms with Crippen LogP contribution in [0.25, 0.3) is 5.57 Å². The second-order valence-electron chi connectivity index (χ2n) is 8.42. The summed E-state index contributed by atoms with van der Waals surface area (Å²) in [5, 5.41) is 0. The second-order valence-corrected chi connectivity index (χ2v) is 8.42. The Kier molecular flexibility index (Phi) is 9.10. The largest absolute Gasteiger partial charge is 0.494 e. The number of benzene rings is 2. The number of hydrogen-bond acceptors (Lipinski definition) is 1. The summed E-state index contributed by atoms with van der Waals surface area (Å²) < 4.78 is 5.77. The molecular weight excluding hydrogens is 364 g/mol. The van der Waals surface area contributed by atoms with Crippen LogP contribution < -0.4 is 4.74 Å². The molecule has 1 aliphatic carbocycles. The highest BCUT2D eigenvalue weighted by Crippen LogP contribution is 2.32. The average molecular weight is 401 g/mol. The zero-order valence-corrected chi connectivity index (χ0v) is 18.8. The molecule has 0 aliphatic heterocycles. The van der Waals surface area contributed by atoms with Gasteiger partial charge in [-0.2, -0.15) is 0 Å². The maximum Gasteiger partial charge on any atom is 0.119 e. The number of hydrogen-bond donors (Lipinski definition) is 0. The molecule has 1 atom stereocenters. The lowest BCUT2D eigenvalue weighted by atomic mass is 9.84. The second kappa shape index (κ2) is 12.3. The zero-order valence-electron chi connectivity index (χ0n) is 18.8. The first-order valence-electron chi connectivity index (χ1n) is 11.8. The van der Waals surface area contributed by atoms with Crippen LogP contribution in [-0.4, -0.2) is 6.61 Å². The van der Waals surface area contributed by atoms with Gasteiger partial charge >= 0.3 is 0 Å². The van der Waals surface area contributed by atoms with Gasteiger partial charge in [0.25, 0.3) is 0 Å². The van der Waals surface area contributed by atoms with Gasteiger partial charge in [-0.05, 0) is 79.1 Å². The lowest BCUT2D eigenvalue weighted by Crippen LogP contribution is -2.05. The molecule has 0 fully saturated rings. The van der Waals surface area contributed by atoms with E-state index in [1.807, 2.05) is 24.3 Å². The number of unbranched alkanes of at least 4 members (excludes halogenated alkanes) is 3. The summed E-state index contributed by atoms with van der Waals surface area (Å²) in [4.78, 5) is 0. The molecular formula is C29H36O. The van der Waals surface area contributed by atoms with Crippen molar-refractivity contribution in [1.29, 1.82) is 0 Å². The van der Waals surface area contributed by atoms with E-state index in [2.05, 4.69) is 56.0 Å². The molecule has 1 heteroatoms. The topological polar surface area (TPSA) is 9.23 Å². The lowest BCUT2D eigenvalue weighted by molar-refractivity contribution is 0.306. The van der Waals surface area contributed by atoms with Gasteiger partial charge in [0.2, 0.25) is 0 Å². The molecule has 0 aromatic heterocycles. The van der Waals surface area contributed by atoms with Crippen LogP contribution in [0, 0.1) is 17.8 Å². The van der Waals surface area contributed by atoms with E-state index in [1.165, 1.54) is 62.5 Å². The van der Waals surface area contributed by atoms with Gasteiger partial charge in [-0.15, -0.1) is 0 Å². The third-order valence-corrected chi connectivity index (χ3v) is 5.96. The van der Waals surface area contributed by atoms with Crippen molar-refractivity contribution in [3.05, 3.63) is 71.3 Å². The Hall–Kier alpha value is -2.46. The van der Waals surface area contributed by atoms with Gasteiger partial charge in [0, 0.05) is 11.1 Å². The first kappa shape index (κ1) is 22.2. The van der Waals surface area contributed by atoms with E-state index in [1.54, 1.807) is 0 Å². The van der Waals surface area contributed by atoms with Crippen molar-refractivity contribution in [2.45, 2.75) is 71.6 Å². The van der Waals surface area contributed by atoms with Crippen LogP contribution in [0.15, 0.2) is 54.6 Å². The maximum atomic E-state index is 5.77. The molecule has 0 radical (unpaired) electrons. The SMILES string of the molecule is CCCCCOc1ccc(C#Cc2ccc(C3=CCC(CCCC)CC3)cc2)cc1. The van der Waals surface area contributed by atoms with Crippen molar-refractivity contribution < 1.29 is 4.74 Å². The molecule has 158 valence electrons. The Balaban J connectivity index is 1.53. The first-order chi connectivity index (χ1) is 14.8.